The molecule has 10 heteroatoms. The Bertz CT molecular complexity index is 1500. The van der Waals surface area contributed by atoms with Crippen molar-refractivity contribution in [2.45, 2.75) is 26.3 Å². The van der Waals surface area contributed by atoms with E-state index < -0.39 is 5.41 Å². The van der Waals surface area contributed by atoms with Crippen LogP contribution < -0.4 is 20.3 Å². The molecule has 1 aromatic heterocycles. The van der Waals surface area contributed by atoms with E-state index in [1.807, 2.05) is 31.2 Å². The minimum atomic E-state index is -0.633. The van der Waals surface area contributed by atoms with Gasteiger partial charge in [0.2, 0.25) is 11.8 Å². The first kappa shape index (κ1) is 29.5. The van der Waals surface area contributed by atoms with E-state index in [1.165, 1.54) is 29.2 Å². The van der Waals surface area contributed by atoms with Crippen LogP contribution in [0, 0.1) is 11.2 Å². The zero-order chi connectivity index (χ0) is 29.4. The molecular weight excluding hydrogens is 553 g/mol. The number of amides is 2. The van der Waals surface area contributed by atoms with Gasteiger partial charge in [-0.1, -0.05) is 36.4 Å². The minimum absolute atomic E-state index is 0.0660. The molecule has 1 fully saturated rings. The smallest absolute Gasteiger partial charge is 0.239 e. The van der Waals surface area contributed by atoms with E-state index in [-0.39, 0.29) is 24.2 Å². The highest BCUT2D eigenvalue weighted by Crippen LogP contribution is 2.27. The Kier molecular flexibility index (Phi) is 9.66. The van der Waals surface area contributed by atoms with Gasteiger partial charge < -0.3 is 24.8 Å². The van der Waals surface area contributed by atoms with Crippen molar-refractivity contribution >= 4 is 34.5 Å². The number of morpholine rings is 1. The lowest BCUT2D eigenvalue weighted by atomic mass is 9.83. The molecule has 1 unspecified atom stereocenters. The van der Waals surface area contributed by atoms with Crippen molar-refractivity contribution in [2.24, 2.45) is 10.4 Å². The molecule has 8 nitrogen and oxygen atoms in total. The molecule has 1 aliphatic heterocycles. The maximum Gasteiger partial charge on any atom is 0.239 e. The number of carbonyl (C=O) groups excluding carboxylic acids is 2. The molecule has 0 bridgehead atoms. The van der Waals surface area contributed by atoms with Gasteiger partial charge in [-0.05, 0) is 61.7 Å². The highest BCUT2D eigenvalue weighted by molar-refractivity contribution is 7.07. The van der Waals surface area contributed by atoms with E-state index in [2.05, 4.69) is 49.7 Å². The summed E-state index contributed by atoms with van der Waals surface area (Å²) in [6.07, 6.45) is 8.85. The number of benzene rings is 2. The van der Waals surface area contributed by atoms with Crippen LogP contribution in [-0.4, -0.2) is 55.8 Å². The number of hydrogen-bond acceptors (Lipinski definition) is 6. The Labute approximate surface area is 249 Å². The van der Waals surface area contributed by atoms with Gasteiger partial charge in [0, 0.05) is 37.2 Å². The number of hydrogen-bond donors (Lipinski definition) is 2. The number of rotatable bonds is 10. The van der Waals surface area contributed by atoms with Gasteiger partial charge in [0.15, 0.2) is 4.80 Å². The van der Waals surface area contributed by atoms with E-state index in [1.54, 1.807) is 12.1 Å². The third-order valence-electron chi connectivity index (χ3n) is 7.45. The van der Waals surface area contributed by atoms with Crippen molar-refractivity contribution in [2.75, 3.05) is 44.3 Å². The fourth-order valence-electron chi connectivity index (χ4n) is 4.94. The lowest BCUT2D eigenvalue weighted by Crippen LogP contribution is -2.43. The maximum atomic E-state index is 13.5. The van der Waals surface area contributed by atoms with Crippen molar-refractivity contribution in [1.82, 2.24) is 15.2 Å². The van der Waals surface area contributed by atoms with E-state index >= 15 is 0 Å². The molecule has 0 radical (unpaired) electrons. The van der Waals surface area contributed by atoms with Gasteiger partial charge in [-0.25, -0.2) is 9.38 Å². The summed E-state index contributed by atoms with van der Waals surface area (Å²) in [5.74, 6) is -0.696. The Balaban J connectivity index is 1.24. The van der Waals surface area contributed by atoms with E-state index in [4.69, 9.17) is 9.73 Å². The summed E-state index contributed by atoms with van der Waals surface area (Å²) >= 11 is 1.52. The van der Waals surface area contributed by atoms with Crippen LogP contribution in [-0.2, 0) is 20.9 Å². The predicted octanol–water partition coefficient (Wildman–Crippen LogP) is 4.57. The number of thiazole rings is 1. The monoisotopic (exact) mass is 589 g/mol. The standard InChI is InChI=1S/C32H36FN5O3S/c1-32(14-3-2-4-15-32)30(40)35-22-29(39)34-16-5-17-38-28(23-42-31(38)36-26-10-8-25(33)9-11-26)24-6-12-27(13-7-24)37-18-20-41-21-19-37/h2-4,6-14,23H,5,15-22H2,1H3,(H,34,39)(H,35,40). The topological polar surface area (TPSA) is 88.0 Å². The first-order valence-electron chi connectivity index (χ1n) is 14.2. The SMILES string of the molecule is CC1(C(=O)NCC(=O)NCCCn2c(-c3ccc(N4CCOCC4)cc3)csc2=Nc2ccc(F)cc2)C=CC=CC1. The first-order valence-corrected chi connectivity index (χ1v) is 15.1. The van der Waals surface area contributed by atoms with Crippen molar-refractivity contribution in [3.63, 3.8) is 0 Å². The van der Waals surface area contributed by atoms with Crippen LogP contribution in [0.3, 0.4) is 0 Å². The van der Waals surface area contributed by atoms with Crippen molar-refractivity contribution in [3.05, 3.63) is 88.8 Å². The average Bonchev–Trinajstić information content (AvgIpc) is 3.42. The number of anilines is 1. The highest BCUT2D eigenvalue weighted by Gasteiger charge is 2.30. The van der Waals surface area contributed by atoms with Gasteiger partial charge in [-0.3, -0.25) is 9.59 Å². The minimum Gasteiger partial charge on any atom is -0.378 e. The number of halogens is 1. The number of carbonyl (C=O) groups is 2. The lowest BCUT2D eigenvalue weighted by molar-refractivity contribution is -0.130. The molecule has 5 rings (SSSR count). The summed E-state index contributed by atoms with van der Waals surface area (Å²) in [4.78, 5) is 32.9. The largest absolute Gasteiger partial charge is 0.378 e. The fourth-order valence-corrected chi connectivity index (χ4v) is 5.90. The Morgan fingerprint density at radius 2 is 1.81 bits per heavy atom. The molecule has 1 atom stereocenters. The number of nitrogens with zero attached hydrogens (tertiary/aromatic N) is 3. The van der Waals surface area contributed by atoms with Crippen LogP contribution in [0.25, 0.3) is 11.3 Å². The average molecular weight is 590 g/mol. The predicted molar refractivity (Wildman–Crippen MR) is 164 cm³/mol. The van der Waals surface area contributed by atoms with Crippen LogP contribution in [0.2, 0.25) is 0 Å². The van der Waals surface area contributed by atoms with Crippen LogP contribution >= 0.6 is 11.3 Å². The zero-order valence-electron chi connectivity index (χ0n) is 23.7. The third kappa shape index (κ3) is 7.43. The molecule has 2 amide bonds. The Hall–Kier alpha value is -4.02. The molecule has 2 N–H and O–H groups in total. The molecule has 2 aromatic carbocycles. The van der Waals surface area contributed by atoms with Crippen LogP contribution in [0.4, 0.5) is 15.8 Å². The lowest BCUT2D eigenvalue weighted by Gasteiger charge is -2.28. The van der Waals surface area contributed by atoms with Gasteiger partial charge >= 0.3 is 0 Å². The second kappa shape index (κ2) is 13.8. The summed E-state index contributed by atoms with van der Waals surface area (Å²) in [6.45, 7) is 6.08. The molecule has 0 spiro atoms. The Morgan fingerprint density at radius 3 is 2.52 bits per heavy atom. The van der Waals surface area contributed by atoms with E-state index in [0.29, 0.717) is 31.6 Å². The van der Waals surface area contributed by atoms with Gasteiger partial charge in [0.1, 0.15) is 5.82 Å². The molecule has 2 heterocycles. The first-order chi connectivity index (χ1) is 20.4. The molecule has 42 heavy (non-hydrogen) atoms. The molecule has 2 aliphatic rings. The van der Waals surface area contributed by atoms with Crippen molar-refractivity contribution in [1.29, 1.82) is 0 Å². The molecule has 3 aromatic rings. The molecule has 220 valence electrons. The quantitative estimate of drug-likeness (QED) is 0.339. The molecule has 0 saturated carbocycles. The zero-order valence-corrected chi connectivity index (χ0v) is 24.5. The fraction of sp³-hybridized carbons (Fsp3) is 0.344. The maximum absolute atomic E-state index is 13.5. The van der Waals surface area contributed by atoms with Gasteiger partial charge in [-0.15, -0.1) is 11.3 Å². The van der Waals surface area contributed by atoms with Crippen LogP contribution in [0.1, 0.15) is 19.8 Å². The molecule has 1 saturated heterocycles. The number of aromatic nitrogens is 1. The number of nitrogens with one attached hydrogen (secondary N) is 2. The van der Waals surface area contributed by atoms with E-state index in [0.717, 1.165) is 42.4 Å². The summed E-state index contributed by atoms with van der Waals surface area (Å²) in [7, 11) is 0. The highest BCUT2D eigenvalue weighted by atomic mass is 32.1. The number of ether oxygens (including phenoxy) is 1. The van der Waals surface area contributed by atoms with Crippen LogP contribution in [0.15, 0.2) is 83.2 Å². The normalized spacial score (nSPS) is 18.7. The summed E-state index contributed by atoms with van der Waals surface area (Å²) in [5.41, 5.74) is 3.29. The third-order valence-corrected chi connectivity index (χ3v) is 8.31. The number of allylic oxidation sites excluding steroid dienone is 3. The second-order valence-electron chi connectivity index (χ2n) is 10.6. The van der Waals surface area contributed by atoms with Gasteiger partial charge in [-0.2, -0.15) is 0 Å². The summed E-state index contributed by atoms with van der Waals surface area (Å²) in [5, 5.41) is 7.74. The summed E-state index contributed by atoms with van der Waals surface area (Å²) in [6, 6.07) is 14.6. The molecule has 1 aliphatic carbocycles. The van der Waals surface area contributed by atoms with Gasteiger partial charge in [0.05, 0.1) is 36.6 Å². The van der Waals surface area contributed by atoms with Crippen molar-refractivity contribution in [3.8, 4) is 11.3 Å². The van der Waals surface area contributed by atoms with Gasteiger partial charge in [0.25, 0.3) is 0 Å². The van der Waals surface area contributed by atoms with E-state index in [9.17, 15) is 14.0 Å². The summed E-state index contributed by atoms with van der Waals surface area (Å²) < 4.78 is 21.1. The van der Waals surface area contributed by atoms with Crippen LogP contribution in [0.5, 0.6) is 0 Å². The Morgan fingerprint density at radius 1 is 1.05 bits per heavy atom. The second-order valence-corrected chi connectivity index (χ2v) is 11.4. The van der Waals surface area contributed by atoms with Crippen molar-refractivity contribution < 1.29 is 18.7 Å². The molecular formula is C32H36FN5O3S.